The summed E-state index contributed by atoms with van der Waals surface area (Å²) in [5, 5.41) is 3.30. The maximum Gasteiger partial charge on any atom is 0.0460 e. The average Bonchev–Trinajstić information content (AvgIpc) is 2.46. The van der Waals surface area contributed by atoms with Crippen LogP contribution < -0.4 is 5.32 Å². The molecule has 0 aromatic heterocycles. The maximum atomic E-state index is 3.30. The first-order chi connectivity index (χ1) is 9.85. The number of nitrogens with one attached hydrogen (secondary N) is 1. The normalized spacial score (nSPS) is 30.9. The molecule has 2 fully saturated rings. The van der Waals surface area contributed by atoms with Gasteiger partial charge in [-0.2, -0.15) is 0 Å². The zero-order valence-electron chi connectivity index (χ0n) is 12.8. The highest BCUT2D eigenvalue weighted by molar-refractivity contribution is 5.26. The molecule has 0 unspecified atom stereocenters. The Bertz CT molecular complexity index is 403. The SMILES string of the molecule is CNCCC1CCC(c2ccccc2)(N2CCC2)CC1. The Morgan fingerprint density at radius 3 is 2.40 bits per heavy atom. The van der Waals surface area contributed by atoms with Crippen LogP contribution in [-0.2, 0) is 5.54 Å². The molecule has 1 aliphatic carbocycles. The first-order valence-electron chi connectivity index (χ1n) is 8.30. The fourth-order valence-electron chi connectivity index (χ4n) is 4.07. The third kappa shape index (κ3) is 2.64. The molecule has 0 spiro atoms. The third-order valence-corrected chi connectivity index (χ3v) is 5.51. The van der Waals surface area contributed by atoms with Crippen molar-refractivity contribution in [3.8, 4) is 0 Å². The first-order valence-corrected chi connectivity index (χ1v) is 8.30. The van der Waals surface area contributed by atoms with Crippen molar-refractivity contribution in [3.63, 3.8) is 0 Å². The lowest BCUT2D eigenvalue weighted by atomic mass is 9.70. The van der Waals surface area contributed by atoms with Gasteiger partial charge in [0.2, 0.25) is 0 Å². The number of hydrogen-bond donors (Lipinski definition) is 1. The summed E-state index contributed by atoms with van der Waals surface area (Å²) in [5.41, 5.74) is 1.92. The predicted molar refractivity (Wildman–Crippen MR) is 84.8 cm³/mol. The smallest absolute Gasteiger partial charge is 0.0460 e. The number of hydrogen-bond acceptors (Lipinski definition) is 2. The topological polar surface area (TPSA) is 15.3 Å². The molecule has 2 aliphatic rings. The lowest BCUT2D eigenvalue weighted by molar-refractivity contribution is -0.0139. The number of nitrogens with zero attached hydrogens (tertiary/aromatic N) is 1. The lowest BCUT2D eigenvalue weighted by Gasteiger charge is -2.52. The molecule has 110 valence electrons. The summed E-state index contributed by atoms with van der Waals surface area (Å²) in [6.45, 7) is 3.78. The minimum Gasteiger partial charge on any atom is -0.320 e. The van der Waals surface area contributed by atoms with E-state index in [0.717, 1.165) is 5.92 Å². The van der Waals surface area contributed by atoms with Crippen LogP contribution in [0.2, 0.25) is 0 Å². The van der Waals surface area contributed by atoms with E-state index >= 15 is 0 Å². The highest BCUT2D eigenvalue weighted by Gasteiger charge is 2.43. The van der Waals surface area contributed by atoms with E-state index in [0.29, 0.717) is 5.54 Å². The van der Waals surface area contributed by atoms with Gasteiger partial charge in [-0.05, 0) is 63.6 Å². The van der Waals surface area contributed by atoms with Crippen LogP contribution in [0.5, 0.6) is 0 Å². The second-order valence-electron chi connectivity index (χ2n) is 6.57. The Morgan fingerprint density at radius 1 is 1.15 bits per heavy atom. The van der Waals surface area contributed by atoms with Gasteiger partial charge in [0.25, 0.3) is 0 Å². The van der Waals surface area contributed by atoms with Crippen molar-refractivity contribution in [2.45, 2.75) is 44.1 Å². The van der Waals surface area contributed by atoms with Crippen molar-refractivity contribution in [1.82, 2.24) is 10.2 Å². The van der Waals surface area contributed by atoms with Gasteiger partial charge >= 0.3 is 0 Å². The van der Waals surface area contributed by atoms with Gasteiger partial charge in [-0.15, -0.1) is 0 Å². The Kier molecular flexibility index (Phi) is 4.42. The summed E-state index contributed by atoms with van der Waals surface area (Å²) in [7, 11) is 2.07. The molecular weight excluding hydrogens is 244 g/mol. The van der Waals surface area contributed by atoms with Crippen molar-refractivity contribution in [1.29, 1.82) is 0 Å². The fourth-order valence-corrected chi connectivity index (χ4v) is 4.07. The van der Waals surface area contributed by atoms with E-state index in [1.165, 1.54) is 58.2 Å². The molecule has 1 aliphatic heterocycles. The van der Waals surface area contributed by atoms with Gasteiger partial charge in [-0.3, -0.25) is 4.90 Å². The fraction of sp³-hybridized carbons (Fsp3) is 0.667. The molecule has 0 radical (unpaired) electrons. The van der Waals surface area contributed by atoms with Crippen molar-refractivity contribution >= 4 is 0 Å². The van der Waals surface area contributed by atoms with Gasteiger partial charge in [0.1, 0.15) is 0 Å². The summed E-state index contributed by atoms with van der Waals surface area (Å²) >= 11 is 0. The van der Waals surface area contributed by atoms with Gasteiger partial charge in [0, 0.05) is 18.6 Å². The number of likely N-dealkylation sites (tertiary alicyclic amines) is 1. The number of rotatable bonds is 5. The van der Waals surface area contributed by atoms with E-state index in [1.807, 2.05) is 0 Å². The summed E-state index contributed by atoms with van der Waals surface area (Å²) < 4.78 is 0. The monoisotopic (exact) mass is 272 g/mol. The van der Waals surface area contributed by atoms with E-state index < -0.39 is 0 Å². The van der Waals surface area contributed by atoms with Crippen molar-refractivity contribution < 1.29 is 0 Å². The zero-order chi connectivity index (χ0) is 13.8. The molecule has 1 aromatic carbocycles. The maximum absolute atomic E-state index is 3.30. The van der Waals surface area contributed by atoms with E-state index in [2.05, 4.69) is 47.6 Å². The van der Waals surface area contributed by atoms with E-state index in [9.17, 15) is 0 Å². The minimum absolute atomic E-state index is 0.357. The molecule has 0 atom stereocenters. The molecule has 1 N–H and O–H groups in total. The van der Waals surface area contributed by atoms with Gasteiger partial charge in [0.15, 0.2) is 0 Å². The summed E-state index contributed by atoms with van der Waals surface area (Å²) in [6.07, 6.45) is 8.23. The van der Waals surface area contributed by atoms with Crippen molar-refractivity contribution in [2.75, 3.05) is 26.7 Å². The molecular formula is C18H28N2. The standard InChI is InChI=1S/C18H28N2/c1-19-13-10-16-8-11-18(12-9-16,20-14-5-15-20)17-6-3-2-4-7-17/h2-4,6-7,16,19H,5,8-15H2,1H3. The van der Waals surface area contributed by atoms with Crippen molar-refractivity contribution in [3.05, 3.63) is 35.9 Å². The van der Waals surface area contributed by atoms with Crippen molar-refractivity contribution in [2.24, 2.45) is 5.92 Å². The largest absolute Gasteiger partial charge is 0.320 e. The Labute approximate surface area is 123 Å². The third-order valence-electron chi connectivity index (χ3n) is 5.51. The van der Waals surface area contributed by atoms with Crippen LogP contribution in [0, 0.1) is 5.92 Å². The van der Waals surface area contributed by atoms with Gasteiger partial charge < -0.3 is 5.32 Å². The lowest BCUT2D eigenvalue weighted by Crippen LogP contribution is -2.54. The molecule has 0 bridgehead atoms. The summed E-state index contributed by atoms with van der Waals surface area (Å²) in [4.78, 5) is 2.75. The average molecular weight is 272 g/mol. The summed E-state index contributed by atoms with van der Waals surface area (Å²) in [5.74, 6) is 0.931. The van der Waals surface area contributed by atoms with Gasteiger partial charge in [0.05, 0.1) is 0 Å². The van der Waals surface area contributed by atoms with Gasteiger partial charge in [-0.1, -0.05) is 30.3 Å². The Balaban J connectivity index is 1.73. The van der Waals surface area contributed by atoms with Gasteiger partial charge in [-0.25, -0.2) is 0 Å². The highest BCUT2D eigenvalue weighted by Crippen LogP contribution is 2.46. The second-order valence-corrected chi connectivity index (χ2v) is 6.57. The van der Waals surface area contributed by atoms with E-state index in [1.54, 1.807) is 5.56 Å². The molecule has 1 saturated heterocycles. The van der Waals surface area contributed by atoms with Crippen LogP contribution >= 0.6 is 0 Å². The molecule has 20 heavy (non-hydrogen) atoms. The molecule has 1 saturated carbocycles. The Hall–Kier alpha value is -0.860. The quantitative estimate of drug-likeness (QED) is 0.884. The van der Waals surface area contributed by atoms with Crippen LogP contribution in [0.1, 0.15) is 44.1 Å². The molecule has 0 amide bonds. The van der Waals surface area contributed by atoms with Crippen LogP contribution in [0.25, 0.3) is 0 Å². The minimum atomic E-state index is 0.357. The summed E-state index contributed by atoms with van der Waals surface area (Å²) in [6, 6.07) is 11.3. The second kappa shape index (κ2) is 6.28. The van der Waals surface area contributed by atoms with Crippen LogP contribution in [0.15, 0.2) is 30.3 Å². The molecule has 2 heteroatoms. The first kappa shape index (κ1) is 14.1. The van der Waals surface area contributed by atoms with E-state index in [-0.39, 0.29) is 0 Å². The number of benzene rings is 1. The van der Waals surface area contributed by atoms with E-state index in [4.69, 9.17) is 0 Å². The zero-order valence-corrected chi connectivity index (χ0v) is 12.8. The predicted octanol–water partition coefficient (Wildman–Crippen LogP) is 3.39. The Morgan fingerprint density at radius 2 is 1.85 bits per heavy atom. The van der Waals surface area contributed by atoms with Crippen LogP contribution in [0.4, 0.5) is 0 Å². The molecule has 2 nitrogen and oxygen atoms in total. The molecule has 1 aromatic rings. The molecule has 1 heterocycles. The molecule has 3 rings (SSSR count). The van der Waals surface area contributed by atoms with Crippen LogP contribution in [0.3, 0.4) is 0 Å². The highest BCUT2D eigenvalue weighted by atomic mass is 15.2. The van der Waals surface area contributed by atoms with Crippen LogP contribution in [-0.4, -0.2) is 31.6 Å².